The van der Waals surface area contributed by atoms with Gasteiger partial charge in [0.2, 0.25) is 0 Å². The van der Waals surface area contributed by atoms with E-state index in [-0.39, 0.29) is 11.4 Å². The highest BCUT2D eigenvalue weighted by atomic mass is 32.1. The van der Waals surface area contributed by atoms with Crippen LogP contribution < -0.4 is 5.32 Å². The van der Waals surface area contributed by atoms with Crippen LogP contribution in [0.1, 0.15) is 18.7 Å². The lowest BCUT2D eigenvalue weighted by Gasteiger charge is -2.11. The van der Waals surface area contributed by atoms with E-state index in [2.05, 4.69) is 48.4 Å². The van der Waals surface area contributed by atoms with E-state index in [1.165, 1.54) is 11.1 Å². The number of nitrogens with zero attached hydrogens (tertiary/aromatic N) is 5. The van der Waals surface area contributed by atoms with Crippen LogP contribution in [0.4, 0.5) is 10.1 Å². The number of imidazole rings is 1. The molecule has 174 valence electrons. The molecule has 6 rings (SSSR count). The van der Waals surface area contributed by atoms with Crippen LogP contribution in [-0.2, 0) is 0 Å². The normalized spacial score (nSPS) is 11.7. The Morgan fingerprint density at radius 3 is 2.74 bits per heavy atom. The first-order valence-corrected chi connectivity index (χ1v) is 12.0. The Bertz CT molecular complexity index is 1700. The maximum Gasteiger partial charge on any atom is 0.159 e. The predicted octanol–water partition coefficient (Wildman–Crippen LogP) is 5.95. The minimum absolute atomic E-state index is 0.225. The number of anilines is 1. The third-order valence-corrected chi connectivity index (χ3v) is 6.64. The molecule has 0 aliphatic carbocycles. The van der Waals surface area contributed by atoms with Crippen LogP contribution >= 0.6 is 11.3 Å². The number of H-pyrrole nitrogens is 2. The van der Waals surface area contributed by atoms with Gasteiger partial charge < -0.3 is 10.3 Å². The summed E-state index contributed by atoms with van der Waals surface area (Å²) in [5.74, 6) is 0.00918. The highest BCUT2D eigenvalue weighted by Crippen LogP contribution is 2.35. The minimum Gasteiger partial charge on any atom is -0.382 e. The van der Waals surface area contributed by atoms with Crippen molar-refractivity contribution >= 4 is 39.1 Å². The molecule has 0 spiro atoms. The largest absolute Gasteiger partial charge is 0.382 e. The van der Waals surface area contributed by atoms with Crippen molar-refractivity contribution in [3.63, 3.8) is 0 Å². The average Bonchev–Trinajstić information content (AvgIpc) is 3.56. The Kier molecular flexibility index (Phi) is 5.03. The quantitative estimate of drug-likeness (QED) is 0.279. The number of nitrogens with one attached hydrogen (secondary N) is 3. The molecular formula is C25H21FN8S. The molecule has 35 heavy (non-hydrogen) atoms. The zero-order chi connectivity index (χ0) is 24.1. The molecule has 0 unspecified atom stereocenters. The van der Waals surface area contributed by atoms with Gasteiger partial charge in [0.15, 0.2) is 11.5 Å². The van der Waals surface area contributed by atoms with Gasteiger partial charge in [-0.3, -0.25) is 15.1 Å². The number of aromatic nitrogens is 7. The van der Waals surface area contributed by atoms with Crippen molar-refractivity contribution in [1.29, 1.82) is 0 Å². The van der Waals surface area contributed by atoms with Crippen molar-refractivity contribution in [1.82, 2.24) is 35.1 Å². The first-order valence-electron chi connectivity index (χ1n) is 11.1. The van der Waals surface area contributed by atoms with Crippen LogP contribution in [0.2, 0.25) is 0 Å². The summed E-state index contributed by atoms with van der Waals surface area (Å²) in [6.07, 6.45) is 6.57. The Labute approximate surface area is 203 Å². The van der Waals surface area contributed by atoms with Crippen LogP contribution in [-0.4, -0.2) is 41.2 Å². The van der Waals surface area contributed by atoms with Gasteiger partial charge >= 0.3 is 0 Å². The predicted molar refractivity (Wildman–Crippen MR) is 137 cm³/mol. The summed E-state index contributed by atoms with van der Waals surface area (Å²) in [6.45, 7) is 6.12. The van der Waals surface area contributed by atoms with Crippen molar-refractivity contribution in [3.05, 3.63) is 59.7 Å². The zero-order valence-electron chi connectivity index (χ0n) is 19.2. The number of fused-ring (bicyclic) bond motifs is 2. The number of hydrogen-bond acceptors (Lipinski definition) is 7. The molecule has 6 aromatic heterocycles. The van der Waals surface area contributed by atoms with Gasteiger partial charge in [0.1, 0.15) is 22.7 Å². The van der Waals surface area contributed by atoms with Gasteiger partial charge in [-0.25, -0.2) is 14.4 Å². The third-order valence-electron chi connectivity index (χ3n) is 5.63. The van der Waals surface area contributed by atoms with Crippen LogP contribution in [0.25, 0.3) is 55.3 Å². The molecule has 0 saturated carbocycles. The van der Waals surface area contributed by atoms with Gasteiger partial charge in [-0.05, 0) is 45.0 Å². The van der Waals surface area contributed by atoms with E-state index in [0.29, 0.717) is 33.8 Å². The molecule has 0 fully saturated rings. The zero-order valence-corrected chi connectivity index (χ0v) is 20.0. The van der Waals surface area contributed by atoms with Gasteiger partial charge in [0.05, 0.1) is 21.5 Å². The number of halogens is 1. The van der Waals surface area contributed by atoms with E-state index in [0.717, 1.165) is 21.8 Å². The summed E-state index contributed by atoms with van der Waals surface area (Å²) in [5, 5.41) is 10.8. The molecule has 6 aromatic rings. The molecule has 10 heteroatoms. The summed E-state index contributed by atoms with van der Waals surface area (Å²) in [5.41, 5.74) is 4.77. The molecule has 0 atom stereocenters. The Morgan fingerprint density at radius 2 is 1.94 bits per heavy atom. The molecule has 0 aromatic carbocycles. The van der Waals surface area contributed by atoms with Crippen molar-refractivity contribution in [2.45, 2.75) is 26.8 Å². The summed E-state index contributed by atoms with van der Waals surface area (Å²) in [7, 11) is 0. The number of pyridine rings is 3. The second-order valence-corrected chi connectivity index (χ2v) is 9.88. The number of aryl methyl sites for hydroxylation is 1. The summed E-state index contributed by atoms with van der Waals surface area (Å²) >= 11 is 1.65. The van der Waals surface area contributed by atoms with Crippen molar-refractivity contribution in [3.8, 4) is 33.2 Å². The fourth-order valence-corrected chi connectivity index (χ4v) is 4.98. The maximum atomic E-state index is 15.9. The summed E-state index contributed by atoms with van der Waals surface area (Å²) in [6, 6.07) is 8.03. The monoisotopic (exact) mass is 484 g/mol. The summed E-state index contributed by atoms with van der Waals surface area (Å²) < 4.78 is 15.9. The molecule has 0 aliphatic heterocycles. The molecule has 6 heterocycles. The molecular weight excluding hydrogens is 463 g/mol. The number of aromatic amines is 2. The smallest absolute Gasteiger partial charge is 0.159 e. The van der Waals surface area contributed by atoms with Gasteiger partial charge in [0.25, 0.3) is 0 Å². The number of thiophene rings is 1. The SMILES string of the molecule is Cc1ccc(-c2nccc3[nH]c(-c4n[nH]c5ncc(-c6cncc(NC(C)C)c6)c(F)c45)nc23)s1. The van der Waals surface area contributed by atoms with E-state index in [1.54, 1.807) is 29.9 Å². The highest BCUT2D eigenvalue weighted by molar-refractivity contribution is 7.15. The Morgan fingerprint density at radius 1 is 1.06 bits per heavy atom. The molecule has 0 aliphatic rings. The first-order chi connectivity index (χ1) is 17.0. The third kappa shape index (κ3) is 3.71. The Balaban J connectivity index is 1.49. The Hall–Kier alpha value is -4.18. The highest BCUT2D eigenvalue weighted by Gasteiger charge is 2.21. The lowest BCUT2D eigenvalue weighted by molar-refractivity contribution is 0.642. The van der Waals surface area contributed by atoms with Crippen molar-refractivity contribution in [2.75, 3.05) is 5.32 Å². The lowest BCUT2D eigenvalue weighted by atomic mass is 10.1. The minimum atomic E-state index is -0.435. The fourth-order valence-electron chi connectivity index (χ4n) is 4.12. The number of hydrogen-bond donors (Lipinski definition) is 3. The van der Waals surface area contributed by atoms with Crippen molar-refractivity contribution < 1.29 is 4.39 Å². The average molecular weight is 485 g/mol. The molecule has 0 amide bonds. The van der Waals surface area contributed by atoms with Gasteiger partial charge in [-0.15, -0.1) is 11.3 Å². The molecule has 0 bridgehead atoms. The van der Waals surface area contributed by atoms with E-state index in [4.69, 9.17) is 4.98 Å². The summed E-state index contributed by atoms with van der Waals surface area (Å²) in [4.78, 5) is 23.5. The van der Waals surface area contributed by atoms with E-state index < -0.39 is 5.82 Å². The molecule has 8 nitrogen and oxygen atoms in total. The van der Waals surface area contributed by atoms with Crippen LogP contribution in [0.15, 0.2) is 49.1 Å². The standard InChI is InChI=1S/C25H21FN8S/c1-12(2)30-15-8-14(9-27-10-15)16-11-29-24-19(20(16)26)23(33-34-24)25-31-17-6-7-28-22(21(17)32-25)18-5-4-13(3)35-18/h4-12,30H,1-3H3,(H,31,32)(H,29,33,34). The van der Waals surface area contributed by atoms with Crippen molar-refractivity contribution in [2.24, 2.45) is 0 Å². The van der Waals surface area contributed by atoms with Crippen LogP contribution in [0.3, 0.4) is 0 Å². The second kappa shape index (κ2) is 8.24. The first kappa shape index (κ1) is 21.4. The van der Waals surface area contributed by atoms with E-state index in [1.807, 2.05) is 32.0 Å². The molecule has 3 N–H and O–H groups in total. The van der Waals surface area contributed by atoms with Crippen LogP contribution in [0, 0.1) is 12.7 Å². The second-order valence-electron chi connectivity index (χ2n) is 8.59. The van der Waals surface area contributed by atoms with Crippen LogP contribution in [0.5, 0.6) is 0 Å². The fraction of sp³-hybridized carbons (Fsp3) is 0.160. The molecule has 0 radical (unpaired) electrons. The maximum absolute atomic E-state index is 15.9. The van der Waals surface area contributed by atoms with E-state index >= 15 is 4.39 Å². The lowest BCUT2D eigenvalue weighted by Crippen LogP contribution is -2.09. The van der Waals surface area contributed by atoms with Gasteiger partial charge in [0, 0.05) is 46.8 Å². The van der Waals surface area contributed by atoms with Gasteiger partial charge in [-0.1, -0.05) is 0 Å². The van der Waals surface area contributed by atoms with Gasteiger partial charge in [-0.2, -0.15) is 5.10 Å². The van der Waals surface area contributed by atoms with E-state index in [9.17, 15) is 0 Å². The topological polar surface area (TPSA) is 108 Å². The molecule has 0 saturated heterocycles. The number of rotatable bonds is 5.